The zero-order valence-electron chi connectivity index (χ0n) is 14.4. The maximum Gasteiger partial charge on any atom is 0.158 e. The second-order valence-electron chi connectivity index (χ2n) is 6.69. The fraction of sp³-hybridized carbons (Fsp3) is 0. The van der Waals surface area contributed by atoms with Gasteiger partial charge in [0.2, 0.25) is 0 Å². The molecule has 0 bridgehead atoms. The van der Waals surface area contributed by atoms with E-state index in [-0.39, 0.29) is 0 Å². The predicted octanol–water partition coefficient (Wildman–Crippen LogP) is 7.70. The Hall–Kier alpha value is -3.30. The van der Waals surface area contributed by atoms with Crippen molar-refractivity contribution in [2.24, 2.45) is 0 Å². The molecule has 0 atom stereocenters. The summed E-state index contributed by atoms with van der Waals surface area (Å²) in [6, 6.07) is 29.5. The third-order valence-electron chi connectivity index (χ3n) is 5.08. The fourth-order valence-corrected chi connectivity index (χ4v) is 5.01. The number of hydrogen-bond acceptors (Lipinski definition) is 3. The van der Waals surface area contributed by atoms with Crippen molar-refractivity contribution in [2.45, 2.75) is 0 Å². The second kappa shape index (κ2) is 5.60. The van der Waals surface area contributed by atoms with Crippen LogP contribution in [0.25, 0.3) is 42.1 Å². The van der Waals surface area contributed by atoms with E-state index >= 15 is 0 Å². The number of para-hydroxylation sites is 2. The van der Waals surface area contributed by atoms with Crippen molar-refractivity contribution in [2.75, 3.05) is 5.32 Å². The average Bonchev–Trinajstić information content (AvgIpc) is 3.28. The van der Waals surface area contributed by atoms with Gasteiger partial charge in [0, 0.05) is 26.2 Å². The van der Waals surface area contributed by atoms with Crippen LogP contribution in [0, 0.1) is 0 Å². The summed E-state index contributed by atoms with van der Waals surface area (Å²) >= 11 is 1.82. The number of benzene rings is 4. The summed E-state index contributed by atoms with van der Waals surface area (Å²) in [5.41, 5.74) is 3.92. The molecular weight excluding hydrogens is 350 g/mol. The number of rotatable bonds is 2. The molecule has 4 aromatic carbocycles. The lowest BCUT2D eigenvalue weighted by molar-refractivity contribution is 0.670. The zero-order chi connectivity index (χ0) is 17.8. The molecule has 27 heavy (non-hydrogen) atoms. The van der Waals surface area contributed by atoms with Gasteiger partial charge in [0.05, 0.1) is 16.1 Å². The van der Waals surface area contributed by atoms with E-state index in [2.05, 4.69) is 78.1 Å². The van der Waals surface area contributed by atoms with Crippen molar-refractivity contribution in [3.8, 4) is 0 Å². The van der Waals surface area contributed by atoms with Gasteiger partial charge < -0.3 is 9.73 Å². The van der Waals surface area contributed by atoms with Gasteiger partial charge in [-0.1, -0.05) is 60.7 Å². The van der Waals surface area contributed by atoms with E-state index in [0.29, 0.717) is 0 Å². The molecule has 0 fully saturated rings. The van der Waals surface area contributed by atoms with Crippen molar-refractivity contribution in [1.29, 1.82) is 0 Å². The van der Waals surface area contributed by atoms with Crippen LogP contribution in [-0.2, 0) is 0 Å². The van der Waals surface area contributed by atoms with E-state index < -0.39 is 0 Å². The van der Waals surface area contributed by atoms with E-state index in [4.69, 9.17) is 4.42 Å². The van der Waals surface area contributed by atoms with Gasteiger partial charge in [-0.25, -0.2) is 0 Å². The van der Waals surface area contributed by atoms with Crippen molar-refractivity contribution in [1.82, 2.24) is 0 Å². The van der Waals surface area contributed by atoms with Gasteiger partial charge in [-0.2, -0.15) is 0 Å². The molecule has 0 radical (unpaired) electrons. The smallest absolute Gasteiger partial charge is 0.158 e. The number of anilines is 2. The summed E-state index contributed by atoms with van der Waals surface area (Å²) < 4.78 is 8.75. The topological polar surface area (TPSA) is 25.2 Å². The first-order chi connectivity index (χ1) is 13.4. The Morgan fingerprint density at radius 1 is 0.593 bits per heavy atom. The van der Waals surface area contributed by atoms with Crippen molar-refractivity contribution in [3.05, 3.63) is 84.9 Å². The van der Waals surface area contributed by atoms with Crippen molar-refractivity contribution < 1.29 is 4.42 Å². The number of furan rings is 1. The minimum Gasteiger partial charge on any atom is -0.454 e. The summed E-state index contributed by atoms with van der Waals surface area (Å²) in [4.78, 5) is 0. The molecule has 0 aliphatic heterocycles. The Kier molecular flexibility index (Phi) is 3.07. The summed E-state index contributed by atoms with van der Waals surface area (Å²) in [6.07, 6.45) is 0. The Balaban J connectivity index is 1.57. The molecule has 6 rings (SSSR count). The van der Waals surface area contributed by atoms with Gasteiger partial charge in [0.25, 0.3) is 0 Å². The fourth-order valence-electron chi connectivity index (χ4n) is 3.84. The summed E-state index contributed by atoms with van der Waals surface area (Å²) in [7, 11) is 0. The highest BCUT2D eigenvalue weighted by Crippen LogP contribution is 2.40. The van der Waals surface area contributed by atoms with Crippen LogP contribution in [0.15, 0.2) is 89.3 Å². The van der Waals surface area contributed by atoms with Crippen LogP contribution in [0.2, 0.25) is 0 Å². The van der Waals surface area contributed by atoms with E-state index in [1.807, 2.05) is 23.5 Å². The lowest BCUT2D eigenvalue weighted by atomic mass is 10.1. The standard InChI is InChI=1S/C24H15NOS/c1-3-13-21-15(7-1)17-9-5-11-19(23(17)26-21)25-20-12-6-10-18-16-8-2-4-14-22(16)27-24(18)20/h1-14,25H. The van der Waals surface area contributed by atoms with Crippen LogP contribution in [-0.4, -0.2) is 0 Å². The first-order valence-electron chi connectivity index (χ1n) is 8.96. The van der Waals surface area contributed by atoms with Gasteiger partial charge in [0.1, 0.15) is 5.58 Å². The molecule has 0 saturated carbocycles. The Morgan fingerprint density at radius 2 is 1.30 bits per heavy atom. The van der Waals surface area contributed by atoms with E-state index in [0.717, 1.165) is 33.3 Å². The molecule has 0 aliphatic carbocycles. The second-order valence-corrected chi connectivity index (χ2v) is 7.74. The minimum atomic E-state index is 0.900. The molecule has 2 nitrogen and oxygen atoms in total. The molecule has 2 heterocycles. The summed E-state index contributed by atoms with van der Waals surface area (Å²) in [5.74, 6) is 0. The van der Waals surface area contributed by atoms with Gasteiger partial charge in [-0.05, 0) is 24.3 Å². The summed E-state index contributed by atoms with van der Waals surface area (Å²) in [6.45, 7) is 0. The first-order valence-corrected chi connectivity index (χ1v) is 9.78. The third-order valence-corrected chi connectivity index (χ3v) is 6.30. The summed E-state index contributed by atoms with van der Waals surface area (Å²) in [5, 5.41) is 8.51. The highest BCUT2D eigenvalue weighted by Gasteiger charge is 2.13. The number of fused-ring (bicyclic) bond motifs is 6. The maximum atomic E-state index is 6.17. The number of hydrogen-bond donors (Lipinski definition) is 1. The lowest BCUT2D eigenvalue weighted by Gasteiger charge is -2.08. The maximum absolute atomic E-state index is 6.17. The Morgan fingerprint density at radius 3 is 2.22 bits per heavy atom. The van der Waals surface area contributed by atoms with E-state index in [1.54, 1.807) is 0 Å². The van der Waals surface area contributed by atoms with Crippen LogP contribution in [0.3, 0.4) is 0 Å². The molecule has 0 unspecified atom stereocenters. The van der Waals surface area contributed by atoms with Crippen LogP contribution in [0.1, 0.15) is 0 Å². The molecule has 0 saturated heterocycles. The molecule has 0 amide bonds. The molecule has 0 aliphatic rings. The minimum absolute atomic E-state index is 0.900. The normalized spacial score (nSPS) is 11.7. The van der Waals surface area contributed by atoms with Crippen molar-refractivity contribution >= 4 is 64.8 Å². The quantitative estimate of drug-likeness (QED) is 0.340. The molecule has 6 aromatic rings. The van der Waals surface area contributed by atoms with Crippen LogP contribution in [0.4, 0.5) is 11.4 Å². The van der Waals surface area contributed by atoms with Gasteiger partial charge in [-0.3, -0.25) is 0 Å². The van der Waals surface area contributed by atoms with Gasteiger partial charge >= 0.3 is 0 Å². The molecule has 3 heteroatoms. The lowest BCUT2D eigenvalue weighted by Crippen LogP contribution is -1.90. The zero-order valence-corrected chi connectivity index (χ0v) is 15.2. The Bertz CT molecular complexity index is 1350. The van der Waals surface area contributed by atoms with Crippen molar-refractivity contribution in [3.63, 3.8) is 0 Å². The van der Waals surface area contributed by atoms with E-state index in [1.165, 1.54) is 20.2 Å². The number of nitrogens with one attached hydrogen (secondary N) is 1. The third kappa shape index (κ3) is 2.19. The predicted molar refractivity (Wildman–Crippen MR) is 116 cm³/mol. The van der Waals surface area contributed by atoms with Gasteiger partial charge in [-0.15, -0.1) is 11.3 Å². The highest BCUT2D eigenvalue weighted by atomic mass is 32.1. The molecular formula is C24H15NOS. The van der Waals surface area contributed by atoms with Crippen LogP contribution < -0.4 is 5.32 Å². The Labute approximate surface area is 159 Å². The monoisotopic (exact) mass is 365 g/mol. The van der Waals surface area contributed by atoms with E-state index in [9.17, 15) is 0 Å². The molecule has 2 aromatic heterocycles. The average molecular weight is 365 g/mol. The van der Waals surface area contributed by atoms with Crippen LogP contribution in [0.5, 0.6) is 0 Å². The molecule has 128 valence electrons. The first kappa shape index (κ1) is 14.8. The highest BCUT2D eigenvalue weighted by molar-refractivity contribution is 7.26. The molecule has 0 spiro atoms. The largest absolute Gasteiger partial charge is 0.454 e. The molecule has 1 N–H and O–H groups in total. The number of thiophene rings is 1. The van der Waals surface area contributed by atoms with Gasteiger partial charge in [0.15, 0.2) is 5.58 Å². The SMILES string of the molecule is c1ccc2c(c1)oc1c(Nc3cccc4c3sc3ccccc34)cccc12. The van der Waals surface area contributed by atoms with Crippen LogP contribution >= 0.6 is 11.3 Å².